The van der Waals surface area contributed by atoms with E-state index in [-0.39, 0.29) is 5.03 Å². The van der Waals surface area contributed by atoms with Crippen molar-refractivity contribution in [1.82, 2.24) is 0 Å². The van der Waals surface area contributed by atoms with Gasteiger partial charge < -0.3 is 0 Å². The topological polar surface area (TPSA) is 17.1 Å². The normalized spacial score (nSPS) is 11.9. The van der Waals surface area contributed by atoms with Crippen LogP contribution in [0, 0.1) is 0 Å². The van der Waals surface area contributed by atoms with E-state index in [0.29, 0.717) is 0 Å². The Morgan fingerprint density at radius 3 is 1.11 bits per heavy atom. The highest BCUT2D eigenvalue weighted by Gasteiger charge is 2.00. The molecule has 1 nitrogen and oxygen atoms in total. The average Bonchev–Trinajstić information content (AvgIpc) is 2.68. The van der Waals surface area contributed by atoms with Gasteiger partial charge in [0, 0.05) is 0 Å². The van der Waals surface area contributed by atoms with E-state index in [1.165, 1.54) is 122 Å². The predicted molar refractivity (Wildman–Crippen MR) is 127 cm³/mol. The van der Waals surface area contributed by atoms with Crippen LogP contribution in [0.2, 0.25) is 0 Å². The quantitative estimate of drug-likeness (QED) is 0.0943. The first-order chi connectivity index (χ1) is 13.7. The van der Waals surface area contributed by atoms with E-state index in [1.54, 1.807) is 6.08 Å². The summed E-state index contributed by atoms with van der Waals surface area (Å²) >= 11 is 11.0. The fraction of sp³-hybridized carbons (Fsp3) is 0.880. The van der Waals surface area contributed by atoms with Gasteiger partial charge in [-0.2, -0.15) is 0 Å². The van der Waals surface area contributed by atoms with Crippen molar-refractivity contribution < 1.29 is 4.79 Å². The first-order valence-electron chi connectivity index (χ1n) is 12.2. The summed E-state index contributed by atoms with van der Waals surface area (Å²) in [5.41, 5.74) is 0. The molecule has 0 aliphatic heterocycles. The molecule has 0 aromatic rings. The highest BCUT2D eigenvalue weighted by molar-refractivity contribution is 6.74. The predicted octanol–water partition coefficient (Wildman–Crippen LogP) is 10.1. The summed E-state index contributed by atoms with van der Waals surface area (Å²) in [5.74, 6) is 0. The molecule has 3 heteroatoms. The van der Waals surface area contributed by atoms with Gasteiger partial charge in [-0.1, -0.05) is 147 Å². The van der Waals surface area contributed by atoms with E-state index in [9.17, 15) is 4.79 Å². The lowest BCUT2D eigenvalue weighted by Gasteiger charge is -2.04. The van der Waals surface area contributed by atoms with Crippen molar-refractivity contribution in [2.75, 3.05) is 0 Å². The van der Waals surface area contributed by atoms with Gasteiger partial charge >= 0.3 is 0 Å². The molecule has 0 saturated heterocycles. The number of carbonyl (C=O) groups is 1. The molecule has 0 aromatic heterocycles. The van der Waals surface area contributed by atoms with Gasteiger partial charge in [-0.25, -0.2) is 0 Å². The lowest BCUT2D eigenvalue weighted by Crippen LogP contribution is -1.85. The Bertz CT molecular complexity index is 366. The molecule has 166 valence electrons. The molecule has 0 radical (unpaired) electrons. The molecule has 0 atom stereocenters. The van der Waals surface area contributed by atoms with Crippen LogP contribution in [-0.2, 0) is 4.79 Å². The van der Waals surface area contributed by atoms with Crippen molar-refractivity contribution in [1.29, 1.82) is 0 Å². The van der Waals surface area contributed by atoms with Crippen molar-refractivity contribution in [2.45, 2.75) is 142 Å². The maximum absolute atomic E-state index is 10.7. The molecule has 0 aliphatic carbocycles. The van der Waals surface area contributed by atoms with Gasteiger partial charge in [-0.15, -0.1) is 0 Å². The summed E-state index contributed by atoms with van der Waals surface area (Å²) in [6, 6.07) is 0. The number of carbonyl (C=O) groups excluding carboxylic acids is 1. The summed E-state index contributed by atoms with van der Waals surface area (Å²) in [4.78, 5) is 10.7. The first-order valence-corrected chi connectivity index (χ1v) is 13.0. The zero-order valence-electron chi connectivity index (χ0n) is 18.6. The zero-order valence-corrected chi connectivity index (χ0v) is 20.1. The number of rotatable bonds is 22. The molecule has 28 heavy (non-hydrogen) atoms. The molecule has 0 bridgehead atoms. The number of unbranched alkanes of at least 4 members (excludes halogenated alkanes) is 20. The molecule has 0 unspecified atom stereocenters. The van der Waals surface area contributed by atoms with Crippen LogP contribution in [0.3, 0.4) is 0 Å². The summed E-state index contributed by atoms with van der Waals surface area (Å²) < 4.78 is 0. The fourth-order valence-electron chi connectivity index (χ4n) is 3.71. The third-order valence-electron chi connectivity index (χ3n) is 5.57. The summed E-state index contributed by atoms with van der Waals surface area (Å²) in [5, 5.41) is -0.380. The molecule has 0 heterocycles. The Morgan fingerprint density at radius 1 is 0.536 bits per heavy atom. The van der Waals surface area contributed by atoms with Crippen LogP contribution in [0.25, 0.3) is 0 Å². The molecule has 0 aromatic carbocycles. The molecule has 0 saturated carbocycles. The Labute approximate surface area is 186 Å². The van der Waals surface area contributed by atoms with Gasteiger partial charge in [0.25, 0.3) is 5.24 Å². The van der Waals surface area contributed by atoms with Crippen LogP contribution in [0.4, 0.5) is 0 Å². The van der Waals surface area contributed by atoms with Gasteiger partial charge in [0.1, 0.15) is 0 Å². The summed E-state index contributed by atoms with van der Waals surface area (Å²) in [7, 11) is 0. The smallest absolute Gasteiger partial charge is 0.263 e. The second-order valence-electron chi connectivity index (χ2n) is 8.33. The van der Waals surface area contributed by atoms with E-state index in [0.717, 1.165) is 12.8 Å². The number of allylic oxidation sites excluding steroid dienone is 2. The molecule has 0 rings (SSSR count). The average molecular weight is 434 g/mol. The standard InChI is InChI=1S/C25H46Cl2O/c1-2-3-4-5-6-7-8-9-10-11-12-13-14-15-16-17-18-19-20-21-22-23-24(26)25(27)28/h23H,2-22H2,1H3/b24-23-. The van der Waals surface area contributed by atoms with E-state index >= 15 is 0 Å². The minimum atomic E-state index is -0.546. The van der Waals surface area contributed by atoms with Crippen LogP contribution in [0.1, 0.15) is 142 Å². The van der Waals surface area contributed by atoms with Crippen molar-refractivity contribution in [3.63, 3.8) is 0 Å². The molecular weight excluding hydrogens is 387 g/mol. The Hall–Kier alpha value is -0.0100. The summed E-state index contributed by atoms with van der Waals surface area (Å²) in [6.45, 7) is 2.29. The minimum absolute atomic E-state index is 0.166. The van der Waals surface area contributed by atoms with Gasteiger partial charge in [-0.3, -0.25) is 4.79 Å². The van der Waals surface area contributed by atoms with E-state index in [4.69, 9.17) is 23.2 Å². The number of hydrogen-bond acceptors (Lipinski definition) is 1. The summed E-state index contributed by atoms with van der Waals surface area (Å²) in [6.07, 6.45) is 30.4. The minimum Gasteiger partial charge on any atom is -0.275 e. The van der Waals surface area contributed by atoms with Crippen molar-refractivity contribution >= 4 is 28.4 Å². The number of halogens is 2. The van der Waals surface area contributed by atoms with Gasteiger partial charge in [0.2, 0.25) is 0 Å². The second-order valence-corrected chi connectivity index (χ2v) is 9.08. The monoisotopic (exact) mass is 432 g/mol. The lowest BCUT2D eigenvalue weighted by molar-refractivity contribution is -0.108. The molecule has 0 N–H and O–H groups in total. The Kier molecular flexibility index (Phi) is 23.3. The van der Waals surface area contributed by atoms with E-state index in [1.807, 2.05) is 0 Å². The molecule has 0 spiro atoms. The maximum Gasteiger partial charge on any atom is 0.263 e. The van der Waals surface area contributed by atoms with Crippen LogP contribution in [-0.4, -0.2) is 5.24 Å². The van der Waals surface area contributed by atoms with Gasteiger partial charge in [-0.05, 0) is 24.4 Å². The Balaban J connectivity index is 3.09. The second kappa shape index (κ2) is 23.3. The third-order valence-corrected chi connectivity index (χ3v) is 6.20. The van der Waals surface area contributed by atoms with Crippen molar-refractivity contribution in [3.05, 3.63) is 11.1 Å². The van der Waals surface area contributed by atoms with Crippen LogP contribution >= 0.6 is 23.2 Å². The first kappa shape index (κ1) is 28.0. The molecule has 0 amide bonds. The number of hydrogen-bond donors (Lipinski definition) is 0. The van der Waals surface area contributed by atoms with Crippen LogP contribution < -0.4 is 0 Å². The van der Waals surface area contributed by atoms with Gasteiger partial charge in [0.05, 0.1) is 5.03 Å². The third kappa shape index (κ3) is 22.3. The van der Waals surface area contributed by atoms with Gasteiger partial charge in [0.15, 0.2) is 0 Å². The van der Waals surface area contributed by atoms with E-state index in [2.05, 4.69) is 6.92 Å². The van der Waals surface area contributed by atoms with Crippen LogP contribution in [0.5, 0.6) is 0 Å². The zero-order chi connectivity index (χ0) is 20.7. The van der Waals surface area contributed by atoms with Crippen molar-refractivity contribution in [2.24, 2.45) is 0 Å². The largest absolute Gasteiger partial charge is 0.275 e. The van der Waals surface area contributed by atoms with Crippen molar-refractivity contribution in [3.8, 4) is 0 Å². The highest BCUT2D eigenvalue weighted by Crippen LogP contribution is 2.15. The SMILES string of the molecule is CCCCCCCCCCCCCCCCCCCCCC/C=C(\Cl)C(=O)Cl. The van der Waals surface area contributed by atoms with Crippen LogP contribution in [0.15, 0.2) is 11.1 Å². The van der Waals surface area contributed by atoms with E-state index < -0.39 is 5.24 Å². The lowest BCUT2D eigenvalue weighted by atomic mass is 10.0. The molecule has 0 aliphatic rings. The highest BCUT2D eigenvalue weighted by atomic mass is 35.5. The maximum atomic E-state index is 10.7. The molecular formula is C25H46Cl2O. The fourth-order valence-corrected chi connectivity index (χ4v) is 3.89. The Morgan fingerprint density at radius 2 is 0.821 bits per heavy atom. The molecule has 0 fully saturated rings.